The van der Waals surface area contributed by atoms with E-state index in [0.717, 1.165) is 15.7 Å². The van der Waals surface area contributed by atoms with E-state index in [1.54, 1.807) is 4.90 Å². The Labute approximate surface area is 192 Å². The van der Waals surface area contributed by atoms with Gasteiger partial charge in [-0.25, -0.2) is 13.2 Å². The number of phenolic OH excluding ortho intramolecular Hbond substituents is 1. The minimum absolute atomic E-state index is 0.116. The lowest BCUT2D eigenvalue weighted by molar-refractivity contribution is 0.135. The van der Waals surface area contributed by atoms with Gasteiger partial charge in [-0.05, 0) is 43.2 Å². The Balaban J connectivity index is 1.56. The summed E-state index contributed by atoms with van der Waals surface area (Å²) in [7, 11) is -4.00. The van der Waals surface area contributed by atoms with Gasteiger partial charge < -0.3 is 9.84 Å². The molecule has 1 saturated heterocycles. The molecule has 0 atom stereocenters. The number of carbonyl (C=O) groups is 1. The van der Waals surface area contributed by atoms with Crippen LogP contribution in [0.25, 0.3) is 0 Å². The van der Waals surface area contributed by atoms with Crippen LogP contribution in [-0.2, 0) is 21.4 Å². The average Bonchev–Trinajstić information content (AvgIpc) is 2.71. The molecule has 2 aromatic rings. The van der Waals surface area contributed by atoms with Crippen molar-refractivity contribution in [2.24, 2.45) is 0 Å². The highest BCUT2D eigenvalue weighted by atomic mass is 79.9. The number of halogens is 3. The van der Waals surface area contributed by atoms with Crippen molar-refractivity contribution >= 4 is 60.9 Å². The predicted octanol–water partition coefficient (Wildman–Crippen LogP) is 4.77. The zero-order chi connectivity index (χ0) is 21.6. The summed E-state index contributed by atoms with van der Waals surface area (Å²) in [5.41, 5.74) is 1.66. The van der Waals surface area contributed by atoms with Crippen LogP contribution in [0.4, 0.5) is 10.5 Å². The van der Waals surface area contributed by atoms with Gasteiger partial charge >= 0.3 is 6.09 Å². The van der Waals surface area contributed by atoms with Gasteiger partial charge in [0, 0.05) is 34.2 Å². The van der Waals surface area contributed by atoms with E-state index in [2.05, 4.69) is 15.9 Å². The van der Waals surface area contributed by atoms with E-state index in [4.69, 9.17) is 27.9 Å². The Morgan fingerprint density at radius 1 is 1.13 bits per heavy atom. The maximum Gasteiger partial charge on any atom is 0.414 e. The van der Waals surface area contributed by atoms with Gasteiger partial charge in [-0.15, -0.1) is 0 Å². The largest absolute Gasteiger partial charge is 0.505 e. The van der Waals surface area contributed by atoms with Crippen molar-refractivity contribution in [1.29, 1.82) is 0 Å². The quantitative estimate of drug-likeness (QED) is 0.611. The third-order valence-electron chi connectivity index (χ3n) is 5.25. The predicted molar refractivity (Wildman–Crippen MR) is 117 cm³/mol. The maximum absolute atomic E-state index is 13.0. The monoisotopic (exact) mass is 534 g/mol. The molecule has 0 spiro atoms. The molecule has 0 saturated carbocycles. The number of amides is 1. The van der Waals surface area contributed by atoms with Gasteiger partial charge in [-0.2, -0.15) is 4.31 Å². The van der Waals surface area contributed by atoms with E-state index in [9.17, 15) is 18.3 Å². The molecule has 1 N–H and O–H groups in total. The van der Waals surface area contributed by atoms with E-state index in [1.807, 2.05) is 18.2 Å². The molecular formula is C19H17BrCl2N2O5S. The normalized spacial score (nSPS) is 18.2. The molecule has 0 bridgehead atoms. The number of aromatic hydroxyl groups is 1. The van der Waals surface area contributed by atoms with Crippen molar-refractivity contribution in [2.75, 3.05) is 18.0 Å². The number of cyclic esters (lactones) is 1. The van der Waals surface area contributed by atoms with Gasteiger partial charge in [-0.1, -0.05) is 39.1 Å². The molecule has 4 rings (SSSR count). The van der Waals surface area contributed by atoms with Gasteiger partial charge in [0.1, 0.15) is 11.5 Å². The number of carbonyl (C=O) groups excluding carboxylic acids is 1. The third-order valence-corrected chi connectivity index (χ3v) is 8.16. The van der Waals surface area contributed by atoms with Crippen molar-refractivity contribution < 1.29 is 23.1 Å². The number of ether oxygens (including phenoxy) is 1. The summed E-state index contributed by atoms with van der Waals surface area (Å²) in [6.07, 6.45) is 0.392. The van der Waals surface area contributed by atoms with Gasteiger partial charge in [0.05, 0.1) is 10.7 Å². The van der Waals surface area contributed by atoms with Gasteiger partial charge in [-0.3, -0.25) is 4.90 Å². The zero-order valence-corrected chi connectivity index (χ0v) is 19.4. The fraction of sp³-hybridized carbons (Fsp3) is 0.316. The molecule has 2 aliphatic rings. The highest BCUT2D eigenvalue weighted by molar-refractivity contribution is 9.10. The second-order valence-corrected chi connectivity index (χ2v) is 10.7. The van der Waals surface area contributed by atoms with E-state index >= 15 is 0 Å². The van der Waals surface area contributed by atoms with Crippen molar-refractivity contribution in [3.05, 3.63) is 50.4 Å². The van der Waals surface area contributed by atoms with Crippen LogP contribution < -0.4 is 4.90 Å². The molecule has 0 aromatic heterocycles. The Morgan fingerprint density at radius 2 is 1.83 bits per heavy atom. The van der Waals surface area contributed by atoms with Crippen molar-refractivity contribution in [3.8, 4) is 5.75 Å². The maximum atomic E-state index is 13.0. The number of rotatable bonds is 3. The SMILES string of the molecule is O=C1OCc2cc(Br)ccc2N1C1CCN(S(=O)(=O)c2cc(Cl)cc(Cl)c2O)CC1. The summed E-state index contributed by atoms with van der Waals surface area (Å²) >= 11 is 15.2. The summed E-state index contributed by atoms with van der Waals surface area (Å²) < 4.78 is 33.5. The van der Waals surface area contributed by atoms with Crippen molar-refractivity contribution in [2.45, 2.75) is 30.4 Å². The highest BCUT2D eigenvalue weighted by Crippen LogP contribution is 2.38. The molecule has 11 heteroatoms. The van der Waals surface area contributed by atoms with E-state index < -0.39 is 21.9 Å². The van der Waals surface area contributed by atoms with Gasteiger partial charge in [0.2, 0.25) is 10.0 Å². The Morgan fingerprint density at radius 3 is 2.53 bits per heavy atom. The minimum atomic E-state index is -4.00. The lowest BCUT2D eigenvalue weighted by Crippen LogP contribution is -2.50. The fourth-order valence-corrected chi connectivity index (χ4v) is 6.40. The van der Waals surface area contributed by atoms with E-state index in [0.29, 0.717) is 12.8 Å². The molecule has 7 nitrogen and oxygen atoms in total. The molecule has 0 radical (unpaired) electrons. The molecule has 0 aliphatic carbocycles. The smallest absolute Gasteiger partial charge is 0.414 e. The molecule has 2 heterocycles. The summed E-state index contributed by atoms with van der Waals surface area (Å²) in [6.45, 7) is 0.546. The van der Waals surface area contributed by atoms with Crippen LogP contribution in [0.3, 0.4) is 0 Å². The Bertz CT molecular complexity index is 1120. The molecule has 160 valence electrons. The molecule has 2 aliphatic heterocycles. The highest BCUT2D eigenvalue weighted by Gasteiger charge is 2.38. The Kier molecular flexibility index (Phi) is 5.93. The van der Waals surface area contributed by atoms with E-state index in [-0.39, 0.29) is 40.7 Å². The fourth-order valence-electron chi connectivity index (χ4n) is 3.78. The number of phenols is 1. The van der Waals surface area contributed by atoms with Gasteiger partial charge in [0.25, 0.3) is 0 Å². The van der Waals surface area contributed by atoms with Crippen LogP contribution in [0.15, 0.2) is 39.7 Å². The minimum Gasteiger partial charge on any atom is -0.505 e. The molecule has 2 aromatic carbocycles. The summed E-state index contributed by atoms with van der Waals surface area (Å²) in [5.74, 6) is -0.526. The lowest BCUT2D eigenvalue weighted by atomic mass is 10.0. The van der Waals surface area contributed by atoms with Crippen LogP contribution in [0.2, 0.25) is 10.0 Å². The first-order valence-electron chi connectivity index (χ1n) is 9.11. The van der Waals surface area contributed by atoms with Crippen molar-refractivity contribution in [3.63, 3.8) is 0 Å². The van der Waals surface area contributed by atoms with Crippen LogP contribution in [0.5, 0.6) is 5.75 Å². The standard InChI is InChI=1S/C19H17BrCl2N2O5S/c20-12-1-2-16-11(7-12)10-29-19(26)24(16)14-3-5-23(6-4-14)30(27,28)17-9-13(21)8-15(22)18(17)25/h1-2,7-9,14,25H,3-6,10H2. The summed E-state index contributed by atoms with van der Waals surface area (Å²) in [5, 5.41) is 10.1. The molecule has 0 unspecified atom stereocenters. The van der Waals surface area contributed by atoms with Gasteiger partial charge in [0.15, 0.2) is 5.75 Å². The summed E-state index contributed by atoms with van der Waals surface area (Å²) in [6, 6.07) is 7.87. The number of anilines is 1. The average molecular weight is 536 g/mol. The van der Waals surface area contributed by atoms with Crippen molar-refractivity contribution in [1.82, 2.24) is 4.31 Å². The number of nitrogens with zero attached hydrogens (tertiary/aromatic N) is 2. The number of sulfonamides is 1. The number of hydrogen-bond donors (Lipinski definition) is 1. The van der Waals surface area contributed by atoms with Crippen LogP contribution >= 0.6 is 39.1 Å². The molecule has 30 heavy (non-hydrogen) atoms. The zero-order valence-electron chi connectivity index (χ0n) is 15.5. The second kappa shape index (κ2) is 8.20. The van der Waals surface area contributed by atoms with Crippen LogP contribution in [0.1, 0.15) is 18.4 Å². The summed E-state index contributed by atoms with van der Waals surface area (Å²) in [4.78, 5) is 13.7. The number of hydrogen-bond acceptors (Lipinski definition) is 5. The molecule has 1 fully saturated rings. The number of benzene rings is 2. The second-order valence-electron chi connectivity index (χ2n) is 7.07. The number of piperidine rings is 1. The molecule has 1 amide bonds. The lowest BCUT2D eigenvalue weighted by Gasteiger charge is -2.39. The third kappa shape index (κ3) is 3.89. The first kappa shape index (κ1) is 21.7. The topological polar surface area (TPSA) is 87.2 Å². The number of fused-ring (bicyclic) bond motifs is 1. The Hall–Kier alpha value is -1.52. The van der Waals surface area contributed by atoms with Crippen LogP contribution in [-0.4, -0.2) is 43.1 Å². The van der Waals surface area contributed by atoms with E-state index in [1.165, 1.54) is 16.4 Å². The van der Waals surface area contributed by atoms with Crippen LogP contribution in [0, 0.1) is 0 Å². The first-order valence-corrected chi connectivity index (χ1v) is 12.1. The first-order chi connectivity index (χ1) is 14.2. The molecular weight excluding hydrogens is 519 g/mol.